The van der Waals surface area contributed by atoms with Gasteiger partial charge in [-0.3, -0.25) is 20.9 Å². The van der Waals surface area contributed by atoms with Crippen molar-refractivity contribution in [1.82, 2.24) is 16.1 Å². The largest absolute Gasteiger partial charge is 0.456 e. The molecule has 0 fully saturated rings. The maximum atomic E-state index is 13.5. The molecule has 47 heavy (non-hydrogen) atoms. The number of nitrogens with one attached hydrogen (secondary N) is 4. The Kier molecular flexibility index (Phi) is 11.7. The number of benzene rings is 3. The number of amides is 3. The van der Waals surface area contributed by atoms with E-state index in [4.69, 9.17) is 15.3 Å². The second kappa shape index (κ2) is 15.7. The van der Waals surface area contributed by atoms with Crippen LogP contribution >= 0.6 is 0 Å². The average Bonchev–Trinajstić information content (AvgIpc) is 3.35. The van der Waals surface area contributed by atoms with Crippen molar-refractivity contribution in [2.45, 2.75) is 71.1 Å². The molecule has 11 nitrogen and oxygen atoms in total. The van der Waals surface area contributed by atoms with Gasteiger partial charge in [0, 0.05) is 18.2 Å². The molecule has 0 bridgehead atoms. The lowest BCUT2D eigenvalue weighted by Gasteiger charge is -2.25. The van der Waals surface area contributed by atoms with E-state index >= 15 is 0 Å². The lowest BCUT2D eigenvalue weighted by atomic mass is 9.98. The second-order valence-electron chi connectivity index (χ2n) is 12.9. The van der Waals surface area contributed by atoms with Crippen LogP contribution < -0.4 is 27.2 Å². The van der Waals surface area contributed by atoms with Crippen LogP contribution in [-0.2, 0) is 19.1 Å². The fraction of sp³-hybridized carbons (Fsp3) is 0.389. The van der Waals surface area contributed by atoms with E-state index in [2.05, 4.69) is 33.5 Å². The minimum absolute atomic E-state index is 0.107. The van der Waals surface area contributed by atoms with E-state index in [0.717, 1.165) is 22.3 Å². The molecule has 1 aliphatic rings. The minimum Gasteiger partial charge on any atom is -0.456 e. The van der Waals surface area contributed by atoms with Crippen molar-refractivity contribution < 1.29 is 28.7 Å². The van der Waals surface area contributed by atoms with Crippen LogP contribution in [0.3, 0.4) is 0 Å². The number of fused-ring (bicyclic) bond motifs is 3. The number of anilines is 1. The molecular weight excluding hydrogens is 598 g/mol. The number of rotatable bonds is 13. The fourth-order valence-electron chi connectivity index (χ4n) is 5.50. The summed E-state index contributed by atoms with van der Waals surface area (Å²) in [5.74, 6) is 3.55. The number of carbonyl (C=O) groups is 4. The third kappa shape index (κ3) is 9.40. The molecule has 0 unspecified atom stereocenters. The van der Waals surface area contributed by atoms with Gasteiger partial charge in [0.25, 0.3) is 0 Å². The van der Waals surface area contributed by atoms with E-state index < -0.39 is 41.6 Å². The molecule has 0 aromatic heterocycles. The highest BCUT2D eigenvalue weighted by Crippen LogP contribution is 2.44. The summed E-state index contributed by atoms with van der Waals surface area (Å²) in [5, 5.41) is 8.29. The van der Waals surface area contributed by atoms with Crippen LogP contribution in [0, 0.1) is 5.92 Å². The summed E-state index contributed by atoms with van der Waals surface area (Å²) in [7, 11) is 0. The highest BCUT2D eigenvalue weighted by atomic mass is 16.6. The van der Waals surface area contributed by atoms with Gasteiger partial charge in [0.1, 0.15) is 24.3 Å². The van der Waals surface area contributed by atoms with Crippen LogP contribution in [0.5, 0.6) is 0 Å². The van der Waals surface area contributed by atoms with Gasteiger partial charge in [-0.15, -0.1) is 0 Å². The first-order valence-electron chi connectivity index (χ1n) is 15.9. The average molecular weight is 644 g/mol. The zero-order chi connectivity index (χ0) is 34.1. The van der Waals surface area contributed by atoms with Crippen LogP contribution in [0.4, 0.5) is 10.5 Å². The highest BCUT2D eigenvalue weighted by molar-refractivity contribution is 5.99. The third-order valence-electron chi connectivity index (χ3n) is 7.80. The predicted molar refractivity (Wildman–Crippen MR) is 180 cm³/mol. The Balaban J connectivity index is 1.38. The summed E-state index contributed by atoms with van der Waals surface area (Å²) in [6.07, 6.45) is 0.0608. The molecule has 1 aliphatic carbocycles. The van der Waals surface area contributed by atoms with Gasteiger partial charge in [0.05, 0.1) is 5.56 Å². The lowest BCUT2D eigenvalue weighted by Crippen LogP contribution is -2.54. The van der Waals surface area contributed by atoms with Gasteiger partial charge in [-0.1, -0.05) is 62.4 Å². The maximum Gasteiger partial charge on any atom is 0.407 e. The van der Waals surface area contributed by atoms with Gasteiger partial charge < -0.3 is 25.4 Å². The molecule has 0 heterocycles. The second-order valence-corrected chi connectivity index (χ2v) is 12.9. The normalized spacial score (nSPS) is 13.6. The molecule has 250 valence electrons. The van der Waals surface area contributed by atoms with Crippen molar-refractivity contribution >= 4 is 29.6 Å². The Labute approximate surface area is 275 Å². The number of hydrogen-bond acceptors (Lipinski definition) is 8. The van der Waals surface area contributed by atoms with E-state index in [9.17, 15) is 19.2 Å². The molecule has 0 saturated heterocycles. The number of carbonyl (C=O) groups excluding carboxylic acids is 4. The molecule has 11 heteroatoms. The number of alkyl carbamates (subject to hydrolysis) is 1. The Morgan fingerprint density at radius 2 is 1.43 bits per heavy atom. The SMILES string of the molecule is CC(C)[C@H](NC(=O)OCC1c2ccccc2-c2ccccc21)C(=O)N[C@@H](CCCNN)C(=O)Nc1ccc(C(=O)OC(C)(C)C)cc1. The number of esters is 1. The monoisotopic (exact) mass is 643 g/mol. The Morgan fingerprint density at radius 1 is 0.830 bits per heavy atom. The first kappa shape index (κ1) is 35.1. The van der Waals surface area contributed by atoms with Gasteiger partial charge in [-0.25, -0.2) is 9.59 Å². The molecule has 0 spiro atoms. The standard InChI is InChI=1S/C36H45N5O6/c1-22(2)31(41-35(45)46-21-29-27-13-8-6-11-25(27)26-12-7-9-14-28(26)29)33(43)40-30(15-10-20-38-37)32(42)39-24-18-16-23(17-19-24)34(44)47-36(3,4)5/h6-9,11-14,16-19,22,29-31,38H,10,15,20-21,37H2,1-5H3,(H,39,42)(H,40,43)(H,41,45)/t30-,31-/m0/s1. The first-order valence-corrected chi connectivity index (χ1v) is 15.9. The Bertz CT molecular complexity index is 1520. The fourth-order valence-corrected chi connectivity index (χ4v) is 5.50. The van der Waals surface area contributed by atoms with Crippen LogP contribution in [-0.4, -0.2) is 54.7 Å². The highest BCUT2D eigenvalue weighted by Gasteiger charge is 2.32. The number of hydrogen-bond donors (Lipinski definition) is 5. The summed E-state index contributed by atoms with van der Waals surface area (Å²) in [5.41, 5.74) is 7.10. The smallest absolute Gasteiger partial charge is 0.407 e. The van der Waals surface area contributed by atoms with Crippen molar-refractivity contribution in [2.75, 3.05) is 18.5 Å². The molecule has 0 aliphatic heterocycles. The summed E-state index contributed by atoms with van der Waals surface area (Å²) in [4.78, 5) is 52.2. The van der Waals surface area contributed by atoms with Crippen molar-refractivity contribution in [3.63, 3.8) is 0 Å². The summed E-state index contributed by atoms with van der Waals surface area (Å²) in [6, 6.07) is 20.5. The topological polar surface area (TPSA) is 161 Å². The van der Waals surface area contributed by atoms with Crippen molar-refractivity contribution in [2.24, 2.45) is 11.8 Å². The molecule has 0 saturated carbocycles. The molecule has 3 aromatic rings. The van der Waals surface area contributed by atoms with E-state index in [-0.39, 0.29) is 24.9 Å². The van der Waals surface area contributed by atoms with Crippen molar-refractivity contribution in [3.05, 3.63) is 89.5 Å². The lowest BCUT2D eigenvalue weighted by molar-refractivity contribution is -0.128. The maximum absolute atomic E-state index is 13.5. The van der Waals surface area contributed by atoms with Crippen molar-refractivity contribution in [1.29, 1.82) is 0 Å². The van der Waals surface area contributed by atoms with Gasteiger partial charge >= 0.3 is 12.1 Å². The summed E-state index contributed by atoms with van der Waals surface area (Å²) < 4.78 is 11.1. The Morgan fingerprint density at radius 3 is 1.98 bits per heavy atom. The number of hydrazine groups is 1. The van der Waals surface area contributed by atoms with Gasteiger partial charge in [0.2, 0.25) is 11.8 Å². The molecule has 0 radical (unpaired) electrons. The zero-order valence-electron chi connectivity index (χ0n) is 27.6. The molecule has 4 rings (SSSR count). The summed E-state index contributed by atoms with van der Waals surface area (Å²) in [6.45, 7) is 9.48. The minimum atomic E-state index is -0.957. The van der Waals surface area contributed by atoms with Crippen LogP contribution in [0.2, 0.25) is 0 Å². The summed E-state index contributed by atoms with van der Waals surface area (Å²) >= 11 is 0. The number of nitrogens with two attached hydrogens (primary N) is 1. The Hall–Kier alpha value is -4.74. The van der Waals surface area contributed by atoms with E-state index in [1.54, 1.807) is 58.9 Å². The number of ether oxygens (including phenoxy) is 2. The van der Waals surface area contributed by atoms with E-state index in [1.165, 1.54) is 0 Å². The van der Waals surface area contributed by atoms with Gasteiger partial charge in [-0.2, -0.15) is 0 Å². The molecule has 3 aromatic carbocycles. The third-order valence-corrected chi connectivity index (χ3v) is 7.80. The van der Waals surface area contributed by atoms with E-state index in [0.29, 0.717) is 24.2 Å². The molecule has 2 atom stereocenters. The zero-order valence-corrected chi connectivity index (χ0v) is 27.6. The quantitative estimate of drug-likeness (QED) is 0.0763. The molecule has 6 N–H and O–H groups in total. The molecular formula is C36H45N5O6. The van der Waals surface area contributed by atoms with E-state index in [1.807, 2.05) is 36.4 Å². The van der Waals surface area contributed by atoms with Gasteiger partial charge in [-0.05, 0) is 86.1 Å². The van der Waals surface area contributed by atoms with Crippen molar-refractivity contribution in [3.8, 4) is 11.1 Å². The van der Waals surface area contributed by atoms with Crippen LogP contribution in [0.15, 0.2) is 72.8 Å². The van der Waals surface area contributed by atoms with Gasteiger partial charge in [0.15, 0.2) is 0 Å². The predicted octanol–water partition coefficient (Wildman–Crippen LogP) is 4.87. The van der Waals surface area contributed by atoms with Crippen LogP contribution in [0.25, 0.3) is 11.1 Å². The first-order chi connectivity index (χ1) is 22.4. The molecule has 3 amide bonds. The van der Waals surface area contributed by atoms with Crippen LogP contribution in [0.1, 0.15) is 74.9 Å².